The van der Waals surface area contributed by atoms with Crippen molar-refractivity contribution in [2.45, 2.75) is 25.2 Å². The zero-order chi connectivity index (χ0) is 11.9. The van der Waals surface area contributed by atoms with Gasteiger partial charge < -0.3 is 4.98 Å². The number of halogens is 1. The van der Waals surface area contributed by atoms with Crippen molar-refractivity contribution in [1.82, 2.24) is 4.98 Å². The molecule has 16 heavy (non-hydrogen) atoms. The largest absolute Gasteiger partial charge is 0.357 e. The quantitative estimate of drug-likeness (QED) is 0.841. The topological polar surface area (TPSA) is 49.9 Å². The molecule has 0 radical (unpaired) electrons. The van der Waals surface area contributed by atoms with E-state index in [9.17, 15) is 8.42 Å². The first-order chi connectivity index (χ1) is 7.43. The summed E-state index contributed by atoms with van der Waals surface area (Å²) in [5.41, 5.74) is 2.47. The van der Waals surface area contributed by atoms with Crippen LogP contribution in [0.4, 0.5) is 0 Å². The van der Waals surface area contributed by atoms with E-state index in [-0.39, 0.29) is 4.90 Å². The molecule has 0 atom stereocenters. The number of aryl methyl sites for hydroxylation is 2. The number of aromatic nitrogens is 1. The second kappa shape index (κ2) is 3.79. The van der Waals surface area contributed by atoms with Crippen LogP contribution in [0.2, 0.25) is 0 Å². The van der Waals surface area contributed by atoms with Crippen LogP contribution in [0.25, 0.3) is 10.9 Å². The first kappa shape index (κ1) is 11.5. The number of rotatable bonds is 2. The number of hydrogen-bond acceptors (Lipinski definition) is 2. The van der Waals surface area contributed by atoms with Gasteiger partial charge in [0.25, 0.3) is 9.05 Å². The van der Waals surface area contributed by atoms with Crippen molar-refractivity contribution in [3.8, 4) is 0 Å². The van der Waals surface area contributed by atoms with Gasteiger partial charge in [0.2, 0.25) is 0 Å². The van der Waals surface area contributed by atoms with E-state index in [0.717, 1.165) is 17.5 Å². The lowest BCUT2D eigenvalue weighted by molar-refractivity contribution is 0.610. The van der Waals surface area contributed by atoms with Crippen LogP contribution in [-0.2, 0) is 15.5 Å². The first-order valence-corrected chi connectivity index (χ1v) is 7.30. The third-order valence-electron chi connectivity index (χ3n) is 2.64. The molecule has 0 saturated heterocycles. The molecule has 0 spiro atoms. The summed E-state index contributed by atoms with van der Waals surface area (Å²) in [6.45, 7) is 3.73. The standard InChI is InChI=1S/C11H12ClNO2S/c1-3-8-4-5-10-9(6-8)11(7(2)13-10)16(12,14)15/h4-6,13H,3H2,1-2H3. The Kier molecular flexibility index (Phi) is 2.72. The molecule has 3 nitrogen and oxygen atoms in total. The maximum atomic E-state index is 11.5. The lowest BCUT2D eigenvalue weighted by atomic mass is 10.1. The molecule has 0 unspecified atom stereocenters. The number of benzene rings is 1. The maximum absolute atomic E-state index is 11.5. The van der Waals surface area contributed by atoms with Crippen molar-refractivity contribution in [1.29, 1.82) is 0 Å². The zero-order valence-corrected chi connectivity index (χ0v) is 10.6. The zero-order valence-electron chi connectivity index (χ0n) is 9.04. The van der Waals surface area contributed by atoms with Gasteiger partial charge in [-0.3, -0.25) is 0 Å². The Bertz CT molecular complexity index is 643. The molecule has 0 fully saturated rings. The minimum Gasteiger partial charge on any atom is -0.357 e. The van der Waals surface area contributed by atoms with Crippen molar-refractivity contribution in [3.63, 3.8) is 0 Å². The van der Waals surface area contributed by atoms with Crippen LogP contribution in [0.5, 0.6) is 0 Å². The molecule has 0 saturated carbocycles. The van der Waals surface area contributed by atoms with Gasteiger partial charge in [0.1, 0.15) is 4.90 Å². The van der Waals surface area contributed by atoms with Gasteiger partial charge in [-0.15, -0.1) is 0 Å². The van der Waals surface area contributed by atoms with E-state index in [2.05, 4.69) is 4.98 Å². The Labute approximate surface area is 98.8 Å². The fourth-order valence-corrected chi connectivity index (χ4v) is 3.33. The van der Waals surface area contributed by atoms with Crippen molar-refractivity contribution >= 4 is 30.6 Å². The van der Waals surface area contributed by atoms with Gasteiger partial charge in [-0.25, -0.2) is 8.42 Å². The van der Waals surface area contributed by atoms with Crippen LogP contribution >= 0.6 is 10.7 Å². The molecule has 0 bridgehead atoms. The summed E-state index contributed by atoms with van der Waals surface area (Å²) in [5, 5.41) is 0.673. The van der Waals surface area contributed by atoms with Crippen molar-refractivity contribution < 1.29 is 8.42 Å². The summed E-state index contributed by atoms with van der Waals surface area (Å²) in [7, 11) is 1.73. The molecule has 2 rings (SSSR count). The summed E-state index contributed by atoms with van der Waals surface area (Å²) in [6.07, 6.45) is 0.863. The Hall–Kier alpha value is -1.00. The molecule has 0 aliphatic rings. The average molecular weight is 258 g/mol. The van der Waals surface area contributed by atoms with E-state index in [1.54, 1.807) is 6.92 Å². The lowest BCUT2D eigenvalue weighted by Gasteiger charge is -1.98. The third-order valence-corrected chi connectivity index (χ3v) is 4.12. The van der Waals surface area contributed by atoms with Crippen LogP contribution in [0.15, 0.2) is 23.1 Å². The monoisotopic (exact) mass is 257 g/mol. The highest BCUT2D eigenvalue weighted by molar-refractivity contribution is 8.14. The molecular formula is C11H12ClNO2S. The molecule has 0 aliphatic carbocycles. The van der Waals surface area contributed by atoms with E-state index in [4.69, 9.17) is 10.7 Å². The summed E-state index contributed by atoms with van der Waals surface area (Å²) in [6, 6.07) is 5.73. The molecule has 1 aromatic carbocycles. The van der Waals surface area contributed by atoms with Crippen LogP contribution in [0, 0.1) is 6.92 Å². The number of H-pyrrole nitrogens is 1. The highest BCUT2D eigenvalue weighted by Gasteiger charge is 2.19. The smallest absolute Gasteiger partial charge is 0.263 e. The molecular weight excluding hydrogens is 246 g/mol. The fourth-order valence-electron chi connectivity index (χ4n) is 1.88. The average Bonchev–Trinajstić information content (AvgIpc) is 2.51. The van der Waals surface area contributed by atoms with Gasteiger partial charge in [-0.05, 0) is 31.0 Å². The predicted octanol–water partition coefficient (Wildman–Crippen LogP) is 2.97. The third kappa shape index (κ3) is 1.83. The highest BCUT2D eigenvalue weighted by atomic mass is 35.7. The minimum atomic E-state index is -3.70. The predicted molar refractivity (Wildman–Crippen MR) is 65.5 cm³/mol. The SMILES string of the molecule is CCc1ccc2[nH]c(C)c(S(=O)(=O)Cl)c2c1. The van der Waals surface area contributed by atoms with E-state index >= 15 is 0 Å². The maximum Gasteiger partial charge on any atom is 0.263 e. The highest BCUT2D eigenvalue weighted by Crippen LogP contribution is 2.29. The van der Waals surface area contributed by atoms with Gasteiger partial charge in [0, 0.05) is 27.3 Å². The van der Waals surface area contributed by atoms with Gasteiger partial charge in [0.15, 0.2) is 0 Å². The van der Waals surface area contributed by atoms with E-state index in [1.807, 2.05) is 25.1 Å². The van der Waals surface area contributed by atoms with E-state index in [0.29, 0.717) is 11.1 Å². The van der Waals surface area contributed by atoms with Crippen molar-refractivity contribution in [3.05, 3.63) is 29.5 Å². The van der Waals surface area contributed by atoms with Crippen LogP contribution < -0.4 is 0 Å². The molecule has 1 N–H and O–H groups in total. The molecule has 0 amide bonds. The lowest BCUT2D eigenvalue weighted by Crippen LogP contribution is -1.92. The van der Waals surface area contributed by atoms with Gasteiger partial charge in [0.05, 0.1) is 0 Å². The number of hydrogen-bond donors (Lipinski definition) is 1. The van der Waals surface area contributed by atoms with Gasteiger partial charge >= 0.3 is 0 Å². The van der Waals surface area contributed by atoms with Crippen molar-refractivity contribution in [2.75, 3.05) is 0 Å². The molecule has 5 heteroatoms. The van der Waals surface area contributed by atoms with E-state index in [1.165, 1.54) is 0 Å². The summed E-state index contributed by atoms with van der Waals surface area (Å²) in [4.78, 5) is 3.22. The molecule has 0 aliphatic heterocycles. The van der Waals surface area contributed by atoms with Crippen LogP contribution in [-0.4, -0.2) is 13.4 Å². The number of nitrogens with one attached hydrogen (secondary N) is 1. The summed E-state index contributed by atoms with van der Waals surface area (Å²) < 4.78 is 22.9. The van der Waals surface area contributed by atoms with Gasteiger partial charge in [-0.2, -0.15) is 0 Å². The normalized spacial score (nSPS) is 12.2. The molecule has 86 valence electrons. The minimum absolute atomic E-state index is 0.194. The second-order valence-corrected chi connectivity index (χ2v) is 6.25. The fraction of sp³-hybridized carbons (Fsp3) is 0.273. The Morgan fingerprint density at radius 2 is 2.06 bits per heavy atom. The molecule has 1 aromatic heterocycles. The number of aromatic amines is 1. The summed E-state index contributed by atoms with van der Waals surface area (Å²) in [5.74, 6) is 0. The molecule has 2 aromatic rings. The van der Waals surface area contributed by atoms with Crippen LogP contribution in [0.3, 0.4) is 0 Å². The van der Waals surface area contributed by atoms with Crippen molar-refractivity contribution in [2.24, 2.45) is 0 Å². The molecule has 1 heterocycles. The Balaban J connectivity index is 2.87. The first-order valence-electron chi connectivity index (χ1n) is 4.99. The Morgan fingerprint density at radius 3 is 2.62 bits per heavy atom. The van der Waals surface area contributed by atoms with E-state index < -0.39 is 9.05 Å². The second-order valence-electron chi connectivity index (χ2n) is 3.75. The Morgan fingerprint density at radius 1 is 1.38 bits per heavy atom. The summed E-state index contributed by atoms with van der Waals surface area (Å²) >= 11 is 0. The van der Waals surface area contributed by atoms with Gasteiger partial charge in [-0.1, -0.05) is 13.0 Å². The van der Waals surface area contributed by atoms with Crippen LogP contribution in [0.1, 0.15) is 18.2 Å². The number of fused-ring (bicyclic) bond motifs is 1.